The highest BCUT2D eigenvalue weighted by Crippen LogP contribution is 2.12. The van der Waals surface area contributed by atoms with Gasteiger partial charge in [-0.05, 0) is 46.7 Å². The molecule has 0 N–H and O–H groups in total. The number of rotatable bonds is 6. The fourth-order valence-corrected chi connectivity index (χ4v) is 1.39. The SMILES string of the molecule is CC(C)CC[C@@H](C(=O)OC(C)C)N(C)C. The second-order valence-corrected chi connectivity index (χ2v) is 4.94. The Balaban J connectivity index is 4.19. The number of esters is 1. The van der Waals surface area contributed by atoms with Gasteiger partial charge in [-0.1, -0.05) is 13.8 Å². The Bertz CT molecular complexity index is 188. The lowest BCUT2D eigenvalue weighted by Crippen LogP contribution is -2.38. The third-order valence-electron chi connectivity index (χ3n) is 2.26. The van der Waals surface area contributed by atoms with Crippen LogP contribution in [0.3, 0.4) is 0 Å². The molecule has 0 aromatic carbocycles. The molecular formula is C12H25NO2. The highest BCUT2D eigenvalue weighted by Gasteiger charge is 2.22. The van der Waals surface area contributed by atoms with Crippen molar-refractivity contribution in [3.63, 3.8) is 0 Å². The van der Waals surface area contributed by atoms with E-state index >= 15 is 0 Å². The first-order valence-corrected chi connectivity index (χ1v) is 5.71. The Hall–Kier alpha value is -0.570. The lowest BCUT2D eigenvalue weighted by atomic mass is 10.0. The molecule has 0 spiro atoms. The summed E-state index contributed by atoms with van der Waals surface area (Å²) in [5.41, 5.74) is 0. The van der Waals surface area contributed by atoms with Gasteiger partial charge in [0.1, 0.15) is 6.04 Å². The highest BCUT2D eigenvalue weighted by molar-refractivity contribution is 5.75. The van der Waals surface area contributed by atoms with Crippen molar-refractivity contribution in [3.05, 3.63) is 0 Å². The molecule has 90 valence electrons. The maximum atomic E-state index is 11.7. The number of carbonyl (C=O) groups is 1. The van der Waals surface area contributed by atoms with E-state index in [0.29, 0.717) is 5.92 Å². The van der Waals surface area contributed by atoms with Gasteiger partial charge >= 0.3 is 5.97 Å². The molecule has 1 atom stereocenters. The number of ether oxygens (including phenoxy) is 1. The number of hydrogen-bond acceptors (Lipinski definition) is 3. The number of nitrogens with zero attached hydrogens (tertiary/aromatic N) is 1. The zero-order chi connectivity index (χ0) is 12.0. The van der Waals surface area contributed by atoms with Gasteiger partial charge in [-0.25, -0.2) is 0 Å². The normalized spacial score (nSPS) is 13.7. The second-order valence-electron chi connectivity index (χ2n) is 4.94. The van der Waals surface area contributed by atoms with Crippen LogP contribution in [0.1, 0.15) is 40.5 Å². The summed E-state index contributed by atoms with van der Waals surface area (Å²) in [7, 11) is 3.85. The Morgan fingerprint density at radius 3 is 2.00 bits per heavy atom. The average Bonchev–Trinajstić information content (AvgIpc) is 2.01. The average molecular weight is 215 g/mol. The predicted octanol–water partition coefficient (Wildman–Crippen LogP) is 2.30. The van der Waals surface area contributed by atoms with E-state index in [-0.39, 0.29) is 18.1 Å². The molecule has 0 aliphatic rings. The summed E-state index contributed by atoms with van der Waals surface area (Å²) in [5.74, 6) is 0.523. The maximum Gasteiger partial charge on any atom is 0.323 e. The van der Waals surface area contributed by atoms with Gasteiger partial charge in [0.25, 0.3) is 0 Å². The molecule has 15 heavy (non-hydrogen) atoms. The summed E-state index contributed by atoms with van der Waals surface area (Å²) in [4.78, 5) is 13.7. The first-order valence-electron chi connectivity index (χ1n) is 5.71. The molecule has 0 fully saturated rings. The standard InChI is InChI=1S/C12H25NO2/c1-9(2)7-8-11(13(5)6)12(14)15-10(3)4/h9-11H,7-8H2,1-6H3/t11-/m0/s1. The molecular weight excluding hydrogens is 190 g/mol. The zero-order valence-electron chi connectivity index (χ0n) is 10.9. The van der Waals surface area contributed by atoms with Crippen molar-refractivity contribution in [2.45, 2.75) is 52.7 Å². The minimum atomic E-state index is -0.102. The molecule has 0 aromatic heterocycles. The van der Waals surface area contributed by atoms with Crippen LogP contribution in [0.4, 0.5) is 0 Å². The molecule has 0 saturated heterocycles. The molecule has 0 aliphatic carbocycles. The van der Waals surface area contributed by atoms with Crippen molar-refractivity contribution in [3.8, 4) is 0 Å². The summed E-state index contributed by atoms with van der Waals surface area (Å²) in [5, 5.41) is 0. The van der Waals surface area contributed by atoms with Crippen LogP contribution in [0, 0.1) is 5.92 Å². The first kappa shape index (κ1) is 14.4. The molecule has 3 nitrogen and oxygen atoms in total. The highest BCUT2D eigenvalue weighted by atomic mass is 16.5. The van der Waals surface area contributed by atoms with Crippen LogP contribution < -0.4 is 0 Å². The quantitative estimate of drug-likeness (QED) is 0.637. The van der Waals surface area contributed by atoms with Crippen molar-refractivity contribution in [2.24, 2.45) is 5.92 Å². The molecule has 0 aromatic rings. The third-order valence-corrected chi connectivity index (χ3v) is 2.26. The van der Waals surface area contributed by atoms with Crippen LogP contribution in [0.2, 0.25) is 0 Å². The van der Waals surface area contributed by atoms with Gasteiger partial charge in [0.15, 0.2) is 0 Å². The van der Waals surface area contributed by atoms with Crippen molar-refractivity contribution in [1.29, 1.82) is 0 Å². The van der Waals surface area contributed by atoms with E-state index in [1.165, 1.54) is 0 Å². The lowest BCUT2D eigenvalue weighted by Gasteiger charge is -2.24. The van der Waals surface area contributed by atoms with Crippen LogP contribution in [-0.2, 0) is 9.53 Å². The molecule has 0 heterocycles. The Kier molecular flexibility index (Phi) is 6.57. The second kappa shape index (κ2) is 6.83. The van der Waals surface area contributed by atoms with Gasteiger partial charge in [-0.15, -0.1) is 0 Å². The van der Waals surface area contributed by atoms with Crippen molar-refractivity contribution < 1.29 is 9.53 Å². The molecule has 0 bridgehead atoms. The van der Waals surface area contributed by atoms with E-state index in [9.17, 15) is 4.79 Å². The van der Waals surface area contributed by atoms with Gasteiger partial charge < -0.3 is 4.74 Å². The number of likely N-dealkylation sites (N-methyl/N-ethyl adjacent to an activating group) is 1. The van der Waals surface area contributed by atoms with Crippen molar-refractivity contribution in [1.82, 2.24) is 4.90 Å². The van der Waals surface area contributed by atoms with E-state index in [1.54, 1.807) is 0 Å². The van der Waals surface area contributed by atoms with Crippen molar-refractivity contribution in [2.75, 3.05) is 14.1 Å². The van der Waals surface area contributed by atoms with E-state index in [4.69, 9.17) is 4.74 Å². The van der Waals surface area contributed by atoms with Gasteiger partial charge in [0.2, 0.25) is 0 Å². The third kappa shape index (κ3) is 6.50. The monoisotopic (exact) mass is 215 g/mol. The molecule has 0 radical (unpaired) electrons. The molecule has 0 saturated carbocycles. The summed E-state index contributed by atoms with van der Waals surface area (Å²) in [6, 6.07) is -0.102. The van der Waals surface area contributed by atoms with E-state index in [1.807, 2.05) is 32.8 Å². The summed E-state index contributed by atoms with van der Waals surface area (Å²) >= 11 is 0. The van der Waals surface area contributed by atoms with Crippen molar-refractivity contribution >= 4 is 5.97 Å². The molecule has 0 amide bonds. The minimum Gasteiger partial charge on any atom is -0.462 e. The Morgan fingerprint density at radius 1 is 1.13 bits per heavy atom. The summed E-state index contributed by atoms with van der Waals surface area (Å²) in [6.45, 7) is 8.10. The summed E-state index contributed by atoms with van der Waals surface area (Å²) in [6.07, 6.45) is 1.89. The topological polar surface area (TPSA) is 29.5 Å². The van der Waals surface area contributed by atoms with Crippen LogP contribution in [0.25, 0.3) is 0 Å². The van der Waals surface area contributed by atoms with Gasteiger partial charge in [-0.3, -0.25) is 9.69 Å². The first-order chi connectivity index (χ1) is 6.84. The Morgan fingerprint density at radius 2 is 1.67 bits per heavy atom. The largest absolute Gasteiger partial charge is 0.462 e. The number of hydrogen-bond donors (Lipinski definition) is 0. The zero-order valence-corrected chi connectivity index (χ0v) is 10.9. The minimum absolute atomic E-state index is 0.0287. The fraction of sp³-hybridized carbons (Fsp3) is 0.917. The van der Waals surface area contributed by atoms with E-state index in [0.717, 1.165) is 12.8 Å². The van der Waals surface area contributed by atoms with Crippen LogP contribution >= 0.6 is 0 Å². The van der Waals surface area contributed by atoms with Crippen LogP contribution in [0.15, 0.2) is 0 Å². The molecule has 0 rings (SSSR count). The molecule has 0 unspecified atom stereocenters. The van der Waals surface area contributed by atoms with E-state index < -0.39 is 0 Å². The van der Waals surface area contributed by atoms with Gasteiger partial charge in [-0.2, -0.15) is 0 Å². The smallest absolute Gasteiger partial charge is 0.323 e. The lowest BCUT2D eigenvalue weighted by molar-refractivity contribution is -0.153. The fourth-order valence-electron chi connectivity index (χ4n) is 1.39. The maximum absolute atomic E-state index is 11.7. The van der Waals surface area contributed by atoms with Gasteiger partial charge in [0.05, 0.1) is 6.10 Å². The molecule has 3 heteroatoms. The number of carbonyl (C=O) groups excluding carboxylic acids is 1. The Labute approximate surface area is 93.8 Å². The van der Waals surface area contributed by atoms with E-state index in [2.05, 4.69) is 13.8 Å². The van der Waals surface area contributed by atoms with Crippen LogP contribution in [0.5, 0.6) is 0 Å². The predicted molar refractivity (Wildman–Crippen MR) is 62.8 cm³/mol. The van der Waals surface area contributed by atoms with Gasteiger partial charge in [0, 0.05) is 0 Å². The summed E-state index contributed by atoms with van der Waals surface area (Å²) < 4.78 is 5.23. The molecule has 0 aliphatic heterocycles. The van der Waals surface area contributed by atoms with Crippen LogP contribution in [-0.4, -0.2) is 37.1 Å².